The Morgan fingerprint density at radius 2 is 2.17 bits per heavy atom. The Hall–Kier alpha value is -1.33. The van der Waals surface area contributed by atoms with Crippen LogP contribution in [0.2, 0.25) is 0 Å². The van der Waals surface area contributed by atoms with E-state index in [1.165, 1.54) is 4.31 Å². The first-order chi connectivity index (χ1) is 8.48. The van der Waals surface area contributed by atoms with Crippen LogP contribution < -0.4 is 5.73 Å². The molecule has 5 heteroatoms. The van der Waals surface area contributed by atoms with E-state index >= 15 is 0 Å². The number of aryl methyl sites for hydroxylation is 1. The molecule has 0 radical (unpaired) electrons. The number of nitrogens with zero attached hydrogens (tertiary/aromatic N) is 1. The lowest BCUT2D eigenvalue weighted by atomic mass is 10.2. The minimum atomic E-state index is -3.52. The number of anilines is 1. The second kappa shape index (κ2) is 4.74. The Balaban J connectivity index is 2.49. The summed E-state index contributed by atoms with van der Waals surface area (Å²) in [5.74, 6) is 0. The molecule has 1 aliphatic rings. The van der Waals surface area contributed by atoms with Crippen LogP contribution in [0, 0.1) is 6.92 Å². The number of hydrogen-bond donors (Lipinski definition) is 1. The molecular formula is C13H18N2O2S. The molecule has 0 atom stereocenters. The molecule has 4 nitrogen and oxygen atoms in total. The fourth-order valence-electron chi connectivity index (χ4n) is 2.08. The Morgan fingerprint density at radius 3 is 2.67 bits per heavy atom. The van der Waals surface area contributed by atoms with Gasteiger partial charge in [-0.15, -0.1) is 6.58 Å². The first kappa shape index (κ1) is 13.1. The number of hydrogen-bond acceptors (Lipinski definition) is 3. The summed E-state index contributed by atoms with van der Waals surface area (Å²) in [6.07, 6.45) is 3.45. The molecular weight excluding hydrogens is 248 g/mol. The van der Waals surface area contributed by atoms with Crippen LogP contribution in [-0.2, 0) is 10.0 Å². The van der Waals surface area contributed by atoms with Crippen molar-refractivity contribution in [3.8, 4) is 0 Å². The summed E-state index contributed by atoms with van der Waals surface area (Å²) in [6.45, 7) is 5.73. The zero-order valence-corrected chi connectivity index (χ0v) is 11.3. The number of rotatable bonds is 5. The molecule has 0 amide bonds. The standard InChI is InChI=1S/C13H18N2O2S/c1-3-9-15(11-7-8-11)18(16,17)13-10(2)5-4-6-12(13)14/h3-6,11H,1,7-9,14H2,2H3. The fraction of sp³-hybridized carbons (Fsp3) is 0.385. The Labute approximate surface area is 108 Å². The summed E-state index contributed by atoms with van der Waals surface area (Å²) < 4.78 is 26.8. The number of nitrogens with two attached hydrogens (primary N) is 1. The molecule has 0 unspecified atom stereocenters. The zero-order chi connectivity index (χ0) is 13.3. The SMILES string of the molecule is C=CCN(C1CC1)S(=O)(=O)c1c(C)cccc1N. The highest BCUT2D eigenvalue weighted by Gasteiger charge is 2.38. The van der Waals surface area contributed by atoms with E-state index in [2.05, 4.69) is 6.58 Å². The van der Waals surface area contributed by atoms with Gasteiger partial charge in [0.05, 0.1) is 5.69 Å². The third kappa shape index (κ3) is 2.28. The molecule has 2 N–H and O–H groups in total. The van der Waals surface area contributed by atoms with Crippen LogP contribution in [0.5, 0.6) is 0 Å². The number of nitrogen functional groups attached to an aromatic ring is 1. The van der Waals surface area contributed by atoms with Crippen molar-refractivity contribution in [2.24, 2.45) is 0 Å². The van der Waals surface area contributed by atoms with E-state index in [9.17, 15) is 8.42 Å². The van der Waals surface area contributed by atoms with Gasteiger partial charge in [0.25, 0.3) is 0 Å². The lowest BCUT2D eigenvalue weighted by Gasteiger charge is -2.22. The highest BCUT2D eigenvalue weighted by atomic mass is 32.2. The predicted octanol–water partition coefficient (Wildman–Crippen LogP) is 1.92. The van der Waals surface area contributed by atoms with Crippen LogP contribution in [0.1, 0.15) is 18.4 Å². The van der Waals surface area contributed by atoms with Gasteiger partial charge >= 0.3 is 0 Å². The van der Waals surface area contributed by atoms with Crippen LogP contribution in [0.25, 0.3) is 0 Å². The van der Waals surface area contributed by atoms with Crippen LogP contribution in [-0.4, -0.2) is 25.3 Å². The van der Waals surface area contributed by atoms with Crippen molar-refractivity contribution < 1.29 is 8.42 Å². The molecule has 0 aromatic heterocycles. The summed E-state index contributed by atoms with van der Waals surface area (Å²) in [4.78, 5) is 0.235. The van der Waals surface area contributed by atoms with Crippen molar-refractivity contribution in [3.05, 3.63) is 36.4 Å². The Bertz CT molecular complexity index is 542. The molecule has 98 valence electrons. The predicted molar refractivity (Wildman–Crippen MR) is 72.7 cm³/mol. The lowest BCUT2D eigenvalue weighted by molar-refractivity contribution is 0.436. The maximum Gasteiger partial charge on any atom is 0.245 e. The summed E-state index contributed by atoms with van der Waals surface area (Å²) in [6, 6.07) is 5.26. The minimum absolute atomic E-state index is 0.104. The molecule has 0 aliphatic heterocycles. The largest absolute Gasteiger partial charge is 0.398 e. The molecule has 1 fully saturated rings. The van der Waals surface area contributed by atoms with Gasteiger partial charge in [0, 0.05) is 12.6 Å². The maximum absolute atomic E-state index is 12.6. The molecule has 0 spiro atoms. The topological polar surface area (TPSA) is 63.4 Å². The highest BCUT2D eigenvalue weighted by molar-refractivity contribution is 7.89. The van der Waals surface area contributed by atoms with E-state index in [0.717, 1.165) is 12.8 Å². The smallest absolute Gasteiger partial charge is 0.245 e. The molecule has 0 bridgehead atoms. The van der Waals surface area contributed by atoms with Gasteiger partial charge in [-0.3, -0.25) is 0 Å². The van der Waals surface area contributed by atoms with E-state index in [0.29, 0.717) is 17.8 Å². The first-order valence-electron chi connectivity index (χ1n) is 5.96. The van der Waals surface area contributed by atoms with Crippen LogP contribution in [0.4, 0.5) is 5.69 Å². The third-order valence-corrected chi connectivity index (χ3v) is 5.21. The Kier molecular flexibility index (Phi) is 3.45. The van der Waals surface area contributed by atoms with Crippen molar-refractivity contribution in [1.29, 1.82) is 0 Å². The second-order valence-corrected chi connectivity index (χ2v) is 6.42. The van der Waals surface area contributed by atoms with Crippen molar-refractivity contribution in [2.75, 3.05) is 12.3 Å². The van der Waals surface area contributed by atoms with Gasteiger partial charge in [0.1, 0.15) is 4.90 Å². The van der Waals surface area contributed by atoms with Gasteiger partial charge in [0.15, 0.2) is 0 Å². The van der Waals surface area contributed by atoms with Crippen molar-refractivity contribution in [2.45, 2.75) is 30.7 Å². The van der Waals surface area contributed by atoms with Crippen LogP contribution in [0.3, 0.4) is 0 Å². The molecule has 18 heavy (non-hydrogen) atoms. The minimum Gasteiger partial charge on any atom is -0.398 e. The van der Waals surface area contributed by atoms with Crippen molar-refractivity contribution in [1.82, 2.24) is 4.31 Å². The average Bonchev–Trinajstić information content (AvgIpc) is 3.08. The second-order valence-electron chi connectivity index (χ2n) is 4.59. The highest BCUT2D eigenvalue weighted by Crippen LogP contribution is 2.34. The van der Waals surface area contributed by atoms with Gasteiger partial charge in [-0.05, 0) is 31.4 Å². The van der Waals surface area contributed by atoms with Gasteiger partial charge < -0.3 is 5.73 Å². The monoisotopic (exact) mass is 266 g/mol. The Morgan fingerprint density at radius 1 is 1.50 bits per heavy atom. The van der Waals surface area contributed by atoms with Gasteiger partial charge in [-0.2, -0.15) is 4.31 Å². The van der Waals surface area contributed by atoms with E-state index < -0.39 is 10.0 Å². The summed E-state index contributed by atoms with van der Waals surface area (Å²) in [7, 11) is -3.52. The fourth-order valence-corrected chi connectivity index (χ4v) is 4.06. The lowest BCUT2D eigenvalue weighted by Crippen LogP contribution is -2.34. The molecule has 2 rings (SSSR count). The zero-order valence-electron chi connectivity index (χ0n) is 10.5. The molecule has 0 heterocycles. The van der Waals surface area contributed by atoms with E-state index in [1.807, 2.05) is 0 Å². The summed E-state index contributed by atoms with van der Waals surface area (Å²) in [5, 5.41) is 0. The van der Waals surface area contributed by atoms with Gasteiger partial charge in [0.2, 0.25) is 10.0 Å². The molecule has 1 aromatic rings. The number of sulfonamides is 1. The van der Waals surface area contributed by atoms with Crippen LogP contribution in [0.15, 0.2) is 35.7 Å². The molecule has 0 saturated heterocycles. The maximum atomic E-state index is 12.6. The van der Waals surface area contributed by atoms with Gasteiger partial charge in [-0.1, -0.05) is 18.2 Å². The molecule has 1 saturated carbocycles. The normalized spacial score (nSPS) is 15.9. The third-order valence-electron chi connectivity index (χ3n) is 3.07. The summed E-state index contributed by atoms with van der Waals surface area (Å²) in [5.41, 5.74) is 6.83. The molecule has 1 aliphatic carbocycles. The number of benzene rings is 1. The van der Waals surface area contributed by atoms with E-state index in [1.54, 1.807) is 31.2 Å². The van der Waals surface area contributed by atoms with Crippen molar-refractivity contribution in [3.63, 3.8) is 0 Å². The van der Waals surface area contributed by atoms with Gasteiger partial charge in [-0.25, -0.2) is 8.42 Å². The summed E-state index contributed by atoms with van der Waals surface area (Å²) >= 11 is 0. The molecule has 1 aromatic carbocycles. The average molecular weight is 266 g/mol. The first-order valence-corrected chi connectivity index (χ1v) is 7.40. The van der Waals surface area contributed by atoms with E-state index in [4.69, 9.17) is 5.73 Å². The quantitative estimate of drug-likeness (QED) is 0.654. The van der Waals surface area contributed by atoms with Crippen LogP contribution >= 0.6 is 0 Å². The van der Waals surface area contributed by atoms with E-state index in [-0.39, 0.29) is 10.9 Å². The van der Waals surface area contributed by atoms with Crippen molar-refractivity contribution >= 4 is 15.7 Å².